The second-order valence-electron chi connectivity index (χ2n) is 5.17. The minimum absolute atomic E-state index is 0.101. The lowest BCUT2D eigenvalue weighted by Gasteiger charge is -2.21. The van der Waals surface area contributed by atoms with Crippen LogP contribution in [0.2, 0.25) is 0 Å². The van der Waals surface area contributed by atoms with E-state index in [2.05, 4.69) is 5.32 Å². The zero-order valence-electron chi connectivity index (χ0n) is 13.2. The van der Waals surface area contributed by atoms with Gasteiger partial charge in [-0.25, -0.2) is 17.6 Å². The number of hydrogen-bond acceptors (Lipinski definition) is 2. The number of rotatable bonds is 5. The van der Waals surface area contributed by atoms with E-state index in [1.54, 1.807) is 0 Å². The number of anilines is 2. The van der Waals surface area contributed by atoms with Crippen LogP contribution in [0.1, 0.15) is 13.3 Å². The summed E-state index contributed by atoms with van der Waals surface area (Å²) >= 11 is 0. The Labute approximate surface area is 141 Å². The molecule has 0 fully saturated rings. The van der Waals surface area contributed by atoms with Gasteiger partial charge in [0.05, 0.1) is 5.69 Å². The van der Waals surface area contributed by atoms with Crippen molar-refractivity contribution in [1.29, 1.82) is 0 Å². The molecular weight excluding hydrogens is 340 g/mol. The zero-order valence-corrected chi connectivity index (χ0v) is 13.2. The van der Waals surface area contributed by atoms with Crippen molar-refractivity contribution < 1.29 is 27.2 Å². The minimum Gasteiger partial charge on any atom is -0.323 e. The van der Waals surface area contributed by atoms with Gasteiger partial charge in [0.25, 0.3) is 0 Å². The summed E-state index contributed by atoms with van der Waals surface area (Å²) < 4.78 is 52.8. The van der Waals surface area contributed by atoms with Gasteiger partial charge >= 0.3 is 0 Å². The van der Waals surface area contributed by atoms with Gasteiger partial charge in [-0.05, 0) is 30.3 Å². The first kappa shape index (κ1) is 18.4. The molecule has 2 rings (SSSR count). The van der Waals surface area contributed by atoms with E-state index in [0.29, 0.717) is 6.07 Å². The maximum atomic E-state index is 13.5. The normalized spacial score (nSPS) is 10.4. The highest BCUT2D eigenvalue weighted by molar-refractivity contribution is 5.94. The summed E-state index contributed by atoms with van der Waals surface area (Å²) in [5, 5.41) is 2.10. The molecule has 0 aromatic heterocycles. The van der Waals surface area contributed by atoms with Gasteiger partial charge in [0, 0.05) is 25.6 Å². The maximum absolute atomic E-state index is 13.5. The maximum Gasteiger partial charge on any atom is 0.226 e. The van der Waals surface area contributed by atoms with Gasteiger partial charge in [-0.3, -0.25) is 9.59 Å². The third-order valence-electron chi connectivity index (χ3n) is 3.37. The molecule has 0 saturated carbocycles. The average Bonchev–Trinajstić information content (AvgIpc) is 2.55. The fraction of sp³-hybridized carbons (Fsp3) is 0.176. The minimum atomic E-state index is -1.69. The molecule has 132 valence electrons. The Morgan fingerprint density at radius 2 is 1.76 bits per heavy atom. The summed E-state index contributed by atoms with van der Waals surface area (Å²) in [7, 11) is 0. The van der Waals surface area contributed by atoms with Crippen LogP contribution in [0.3, 0.4) is 0 Å². The summed E-state index contributed by atoms with van der Waals surface area (Å²) in [5.74, 6) is -6.25. The summed E-state index contributed by atoms with van der Waals surface area (Å²) in [4.78, 5) is 24.7. The van der Waals surface area contributed by atoms with Crippen molar-refractivity contribution in [2.45, 2.75) is 13.3 Å². The predicted octanol–water partition coefficient (Wildman–Crippen LogP) is 3.62. The molecule has 8 heteroatoms. The Hall–Kier alpha value is -2.90. The van der Waals surface area contributed by atoms with Gasteiger partial charge in [-0.1, -0.05) is 6.07 Å². The number of benzene rings is 2. The van der Waals surface area contributed by atoms with Crippen molar-refractivity contribution in [1.82, 2.24) is 0 Å². The topological polar surface area (TPSA) is 49.4 Å². The Morgan fingerprint density at radius 3 is 2.40 bits per heavy atom. The first-order valence-corrected chi connectivity index (χ1v) is 7.26. The van der Waals surface area contributed by atoms with Crippen molar-refractivity contribution in [3.63, 3.8) is 0 Å². The van der Waals surface area contributed by atoms with E-state index in [-0.39, 0.29) is 18.7 Å². The second-order valence-corrected chi connectivity index (χ2v) is 5.17. The standard InChI is InChI=1S/C17H14F4N2O2/c1-10(24)23(12-4-2-3-11(18)9-12)8-7-15(25)22-14-6-5-13(19)16(20)17(14)21/h2-6,9H,7-8H2,1H3,(H,22,25). The molecule has 0 atom stereocenters. The van der Waals surface area contributed by atoms with E-state index < -0.39 is 40.8 Å². The van der Waals surface area contributed by atoms with Gasteiger partial charge in [0.15, 0.2) is 17.5 Å². The van der Waals surface area contributed by atoms with Crippen LogP contribution in [-0.4, -0.2) is 18.4 Å². The smallest absolute Gasteiger partial charge is 0.226 e. The van der Waals surface area contributed by atoms with E-state index in [9.17, 15) is 27.2 Å². The fourth-order valence-corrected chi connectivity index (χ4v) is 2.16. The largest absolute Gasteiger partial charge is 0.323 e. The van der Waals surface area contributed by atoms with Crippen LogP contribution < -0.4 is 10.2 Å². The Kier molecular flexibility index (Phi) is 5.74. The third kappa shape index (κ3) is 4.56. The summed E-state index contributed by atoms with van der Waals surface area (Å²) in [5.41, 5.74) is -0.247. The molecule has 4 nitrogen and oxygen atoms in total. The van der Waals surface area contributed by atoms with Crippen LogP contribution in [0.15, 0.2) is 36.4 Å². The average molecular weight is 354 g/mol. The highest BCUT2D eigenvalue weighted by atomic mass is 19.2. The summed E-state index contributed by atoms with van der Waals surface area (Å²) in [6.07, 6.45) is -0.255. The predicted molar refractivity (Wildman–Crippen MR) is 84.0 cm³/mol. The molecule has 0 aliphatic heterocycles. The monoisotopic (exact) mass is 354 g/mol. The lowest BCUT2D eigenvalue weighted by atomic mass is 10.2. The van der Waals surface area contributed by atoms with E-state index in [0.717, 1.165) is 12.1 Å². The van der Waals surface area contributed by atoms with Gasteiger partial charge in [-0.2, -0.15) is 0 Å². The molecule has 2 amide bonds. The molecule has 2 aromatic rings. The zero-order chi connectivity index (χ0) is 18.6. The highest BCUT2D eigenvalue weighted by Gasteiger charge is 2.17. The molecule has 0 saturated heterocycles. The number of nitrogens with one attached hydrogen (secondary N) is 1. The molecule has 0 radical (unpaired) electrons. The molecular formula is C17H14F4N2O2. The first-order valence-electron chi connectivity index (χ1n) is 7.26. The van der Waals surface area contributed by atoms with Crippen molar-refractivity contribution in [3.8, 4) is 0 Å². The van der Waals surface area contributed by atoms with Crippen LogP contribution in [0.25, 0.3) is 0 Å². The number of carbonyl (C=O) groups is 2. The van der Waals surface area contributed by atoms with Gasteiger partial charge < -0.3 is 10.2 Å². The molecule has 2 aromatic carbocycles. The quantitative estimate of drug-likeness (QED) is 0.659. The van der Waals surface area contributed by atoms with Crippen LogP contribution in [-0.2, 0) is 9.59 Å². The van der Waals surface area contributed by atoms with E-state index in [1.165, 1.54) is 30.0 Å². The SMILES string of the molecule is CC(=O)N(CCC(=O)Nc1ccc(F)c(F)c1F)c1cccc(F)c1. The number of nitrogens with zero attached hydrogens (tertiary/aromatic N) is 1. The highest BCUT2D eigenvalue weighted by Crippen LogP contribution is 2.20. The Bertz CT molecular complexity index is 811. The molecule has 0 unspecified atom stereocenters. The first-order chi connectivity index (χ1) is 11.8. The van der Waals surface area contributed by atoms with Crippen LogP contribution in [0, 0.1) is 23.3 Å². The number of halogens is 4. The van der Waals surface area contributed by atoms with Crippen LogP contribution in [0.4, 0.5) is 28.9 Å². The Balaban J connectivity index is 2.05. The number of hydrogen-bond donors (Lipinski definition) is 1. The van der Waals surface area contributed by atoms with Crippen molar-refractivity contribution in [2.75, 3.05) is 16.8 Å². The number of amides is 2. The van der Waals surface area contributed by atoms with Gasteiger partial charge in [-0.15, -0.1) is 0 Å². The Morgan fingerprint density at radius 1 is 1.04 bits per heavy atom. The van der Waals surface area contributed by atoms with Crippen molar-refractivity contribution in [3.05, 3.63) is 59.7 Å². The lowest BCUT2D eigenvalue weighted by Crippen LogP contribution is -2.32. The molecule has 0 bridgehead atoms. The van der Waals surface area contributed by atoms with E-state index in [1.807, 2.05) is 0 Å². The summed E-state index contributed by atoms with van der Waals surface area (Å²) in [6, 6.07) is 6.83. The second kappa shape index (κ2) is 7.78. The molecule has 0 spiro atoms. The van der Waals surface area contributed by atoms with Crippen molar-refractivity contribution >= 4 is 23.2 Å². The fourth-order valence-electron chi connectivity index (χ4n) is 2.16. The lowest BCUT2D eigenvalue weighted by molar-refractivity contribution is -0.117. The molecule has 1 N–H and O–H groups in total. The van der Waals surface area contributed by atoms with Crippen molar-refractivity contribution in [2.24, 2.45) is 0 Å². The third-order valence-corrected chi connectivity index (χ3v) is 3.37. The van der Waals surface area contributed by atoms with E-state index >= 15 is 0 Å². The molecule has 25 heavy (non-hydrogen) atoms. The van der Waals surface area contributed by atoms with Crippen LogP contribution in [0.5, 0.6) is 0 Å². The number of carbonyl (C=O) groups excluding carboxylic acids is 2. The van der Waals surface area contributed by atoms with Gasteiger partial charge in [0.2, 0.25) is 11.8 Å². The molecule has 0 heterocycles. The molecule has 0 aliphatic rings. The van der Waals surface area contributed by atoms with E-state index in [4.69, 9.17) is 0 Å². The molecule has 0 aliphatic carbocycles. The summed E-state index contributed by atoms with van der Waals surface area (Å²) in [6.45, 7) is 1.15. The van der Waals surface area contributed by atoms with Crippen LogP contribution >= 0.6 is 0 Å². The van der Waals surface area contributed by atoms with Gasteiger partial charge in [0.1, 0.15) is 5.82 Å².